The number of rotatable bonds is 4. The summed E-state index contributed by atoms with van der Waals surface area (Å²) >= 11 is 1.04. The number of nitrogens with zero attached hydrogens (tertiary/aromatic N) is 1. The average molecular weight is 400 g/mol. The van der Waals surface area contributed by atoms with E-state index in [4.69, 9.17) is 0 Å². The SMILES string of the molecule is CS(=O)(=O)c1ccc2nc(NC(=O)c3ccc(C(F)F)c(F)c3)sc2c1. The van der Waals surface area contributed by atoms with Crippen molar-refractivity contribution < 1.29 is 26.4 Å². The molecular formula is C16H11F3N2O3S2. The van der Waals surface area contributed by atoms with Crippen LogP contribution >= 0.6 is 11.3 Å². The molecule has 1 heterocycles. The van der Waals surface area contributed by atoms with Crippen LogP contribution in [-0.4, -0.2) is 25.6 Å². The number of hydrogen-bond acceptors (Lipinski definition) is 5. The first kappa shape index (κ1) is 18.3. The van der Waals surface area contributed by atoms with Gasteiger partial charge in [-0.05, 0) is 36.4 Å². The molecule has 0 atom stereocenters. The highest BCUT2D eigenvalue weighted by atomic mass is 32.2. The Morgan fingerprint density at radius 3 is 2.54 bits per heavy atom. The summed E-state index contributed by atoms with van der Waals surface area (Å²) in [5, 5.41) is 2.62. The van der Waals surface area contributed by atoms with Gasteiger partial charge in [0.25, 0.3) is 12.3 Å². The maximum absolute atomic E-state index is 13.6. The molecular weight excluding hydrogens is 389 g/mol. The maximum Gasteiger partial charge on any atom is 0.266 e. The Labute approximate surface area is 150 Å². The minimum atomic E-state index is -3.38. The van der Waals surface area contributed by atoms with E-state index in [1.807, 2.05) is 0 Å². The Hall–Kier alpha value is -2.46. The molecule has 0 aliphatic rings. The molecule has 10 heteroatoms. The summed E-state index contributed by atoms with van der Waals surface area (Å²) in [5.41, 5.74) is -0.435. The van der Waals surface area contributed by atoms with E-state index in [9.17, 15) is 26.4 Å². The molecule has 0 aliphatic heterocycles. The fourth-order valence-electron chi connectivity index (χ4n) is 2.20. The lowest BCUT2D eigenvalue weighted by Gasteiger charge is -2.05. The third-order valence-corrected chi connectivity index (χ3v) is 5.55. The number of fused-ring (bicyclic) bond motifs is 1. The smallest absolute Gasteiger partial charge is 0.266 e. The summed E-state index contributed by atoms with van der Waals surface area (Å²) in [5.74, 6) is -1.89. The first-order valence-corrected chi connectivity index (χ1v) is 9.85. The minimum Gasteiger partial charge on any atom is -0.298 e. The summed E-state index contributed by atoms with van der Waals surface area (Å²) in [6.07, 6.45) is -1.89. The number of nitrogens with one attached hydrogen (secondary N) is 1. The largest absolute Gasteiger partial charge is 0.298 e. The van der Waals surface area contributed by atoms with E-state index in [0.29, 0.717) is 10.2 Å². The molecule has 0 saturated heterocycles. The lowest BCUT2D eigenvalue weighted by atomic mass is 10.1. The Balaban J connectivity index is 1.86. The van der Waals surface area contributed by atoms with Gasteiger partial charge in [-0.15, -0.1) is 0 Å². The Kier molecular flexibility index (Phi) is 4.72. The summed E-state index contributed by atoms with van der Waals surface area (Å²) in [7, 11) is -3.38. The van der Waals surface area contributed by atoms with Gasteiger partial charge in [0.05, 0.1) is 20.7 Å². The van der Waals surface area contributed by atoms with E-state index in [0.717, 1.165) is 35.8 Å². The number of carbonyl (C=O) groups excluding carboxylic acids is 1. The zero-order valence-electron chi connectivity index (χ0n) is 13.2. The molecule has 1 amide bonds. The van der Waals surface area contributed by atoms with Gasteiger partial charge in [-0.1, -0.05) is 11.3 Å². The van der Waals surface area contributed by atoms with Crippen molar-refractivity contribution in [2.24, 2.45) is 0 Å². The number of sulfone groups is 1. The second kappa shape index (κ2) is 6.69. The average Bonchev–Trinajstić information content (AvgIpc) is 2.94. The van der Waals surface area contributed by atoms with Crippen molar-refractivity contribution in [3.05, 3.63) is 53.3 Å². The van der Waals surface area contributed by atoms with Crippen LogP contribution in [0.4, 0.5) is 18.3 Å². The lowest BCUT2D eigenvalue weighted by Crippen LogP contribution is -2.12. The maximum atomic E-state index is 13.6. The van der Waals surface area contributed by atoms with Crippen molar-refractivity contribution in [1.29, 1.82) is 0 Å². The van der Waals surface area contributed by atoms with Gasteiger partial charge in [0.15, 0.2) is 15.0 Å². The molecule has 3 rings (SSSR count). The van der Waals surface area contributed by atoms with Crippen LogP contribution in [0.25, 0.3) is 10.2 Å². The Bertz CT molecular complexity index is 1110. The summed E-state index contributed by atoms with van der Waals surface area (Å²) in [6, 6.07) is 7.03. The standard InChI is InChI=1S/C16H11F3N2O3S2/c1-26(23,24)9-3-5-12-13(7-9)25-16(20-12)21-15(22)8-2-4-10(14(18)19)11(17)6-8/h2-7,14H,1H3,(H,20,21,22). The highest BCUT2D eigenvalue weighted by molar-refractivity contribution is 7.90. The fraction of sp³-hybridized carbons (Fsp3) is 0.125. The number of hydrogen-bond donors (Lipinski definition) is 1. The van der Waals surface area contributed by atoms with Gasteiger partial charge in [-0.25, -0.2) is 26.6 Å². The minimum absolute atomic E-state index is 0.121. The molecule has 0 radical (unpaired) electrons. The molecule has 3 aromatic rings. The van der Waals surface area contributed by atoms with Gasteiger partial charge >= 0.3 is 0 Å². The van der Waals surface area contributed by atoms with Gasteiger partial charge in [0.2, 0.25) is 0 Å². The third kappa shape index (κ3) is 3.70. The zero-order valence-corrected chi connectivity index (χ0v) is 14.8. The van der Waals surface area contributed by atoms with Crippen LogP contribution in [0, 0.1) is 5.82 Å². The fourth-order valence-corrected chi connectivity index (χ4v) is 3.83. The predicted octanol–water partition coefficient (Wildman–Crippen LogP) is 4.03. The Morgan fingerprint density at radius 2 is 1.92 bits per heavy atom. The zero-order chi connectivity index (χ0) is 19.1. The first-order chi connectivity index (χ1) is 12.1. The summed E-state index contributed by atoms with van der Waals surface area (Å²) < 4.78 is 62.4. The topological polar surface area (TPSA) is 76.1 Å². The third-order valence-electron chi connectivity index (χ3n) is 3.51. The molecule has 26 heavy (non-hydrogen) atoms. The number of benzene rings is 2. The van der Waals surface area contributed by atoms with Crippen LogP contribution < -0.4 is 5.32 Å². The monoisotopic (exact) mass is 400 g/mol. The van der Waals surface area contributed by atoms with Gasteiger partial charge in [-0.2, -0.15) is 0 Å². The molecule has 136 valence electrons. The molecule has 0 unspecified atom stereocenters. The van der Waals surface area contributed by atoms with Crippen molar-refractivity contribution >= 4 is 42.4 Å². The molecule has 0 spiro atoms. The van der Waals surface area contributed by atoms with Gasteiger partial charge < -0.3 is 0 Å². The van der Waals surface area contributed by atoms with Gasteiger partial charge in [-0.3, -0.25) is 10.1 Å². The van der Waals surface area contributed by atoms with Gasteiger partial charge in [0, 0.05) is 11.8 Å². The summed E-state index contributed by atoms with van der Waals surface area (Å²) in [6.45, 7) is 0. The van der Waals surface area contributed by atoms with E-state index in [1.54, 1.807) is 0 Å². The molecule has 0 aliphatic carbocycles. The second-order valence-electron chi connectivity index (χ2n) is 5.41. The Morgan fingerprint density at radius 1 is 1.19 bits per heavy atom. The van der Waals surface area contributed by atoms with Crippen LogP contribution in [0.5, 0.6) is 0 Å². The van der Waals surface area contributed by atoms with E-state index in [1.165, 1.54) is 18.2 Å². The number of anilines is 1. The molecule has 1 N–H and O–H groups in total. The number of halogens is 3. The van der Waals surface area contributed by atoms with Crippen LogP contribution in [0.1, 0.15) is 22.3 Å². The lowest BCUT2D eigenvalue weighted by molar-refractivity contribution is 0.102. The molecule has 2 aromatic carbocycles. The molecule has 0 bridgehead atoms. The highest BCUT2D eigenvalue weighted by Gasteiger charge is 2.17. The van der Waals surface area contributed by atoms with Crippen molar-refractivity contribution in [2.45, 2.75) is 11.3 Å². The van der Waals surface area contributed by atoms with Crippen LogP contribution in [0.15, 0.2) is 41.3 Å². The molecule has 0 saturated carbocycles. The van der Waals surface area contributed by atoms with E-state index >= 15 is 0 Å². The van der Waals surface area contributed by atoms with Crippen LogP contribution in [0.3, 0.4) is 0 Å². The van der Waals surface area contributed by atoms with Crippen LogP contribution in [0.2, 0.25) is 0 Å². The number of amides is 1. The van der Waals surface area contributed by atoms with E-state index in [-0.39, 0.29) is 15.6 Å². The molecule has 5 nitrogen and oxygen atoms in total. The van der Waals surface area contributed by atoms with Crippen molar-refractivity contribution in [3.8, 4) is 0 Å². The van der Waals surface area contributed by atoms with E-state index in [2.05, 4.69) is 10.3 Å². The quantitative estimate of drug-likeness (QED) is 0.718. The summed E-state index contributed by atoms with van der Waals surface area (Å²) in [4.78, 5) is 16.4. The van der Waals surface area contributed by atoms with Crippen molar-refractivity contribution in [3.63, 3.8) is 0 Å². The first-order valence-electron chi connectivity index (χ1n) is 7.15. The normalized spacial score (nSPS) is 11.9. The van der Waals surface area contributed by atoms with Crippen LogP contribution in [-0.2, 0) is 9.84 Å². The number of alkyl halides is 2. The number of carbonyl (C=O) groups is 1. The number of thiazole rings is 1. The molecule has 1 aromatic heterocycles. The predicted molar refractivity (Wildman–Crippen MR) is 92.0 cm³/mol. The van der Waals surface area contributed by atoms with Gasteiger partial charge in [0.1, 0.15) is 5.82 Å². The molecule has 0 fully saturated rings. The second-order valence-corrected chi connectivity index (χ2v) is 8.46. The van der Waals surface area contributed by atoms with Crippen molar-refractivity contribution in [1.82, 2.24) is 4.98 Å². The van der Waals surface area contributed by atoms with E-state index < -0.39 is 33.6 Å². The number of aromatic nitrogens is 1. The van der Waals surface area contributed by atoms with Crippen molar-refractivity contribution in [2.75, 3.05) is 11.6 Å². The highest BCUT2D eigenvalue weighted by Crippen LogP contribution is 2.29.